The van der Waals surface area contributed by atoms with E-state index in [0.29, 0.717) is 54.2 Å². The monoisotopic (exact) mass is 483 g/mol. The number of nitrogen functional groups attached to an aromatic ring is 1. The molecule has 5 rings (SSSR count). The summed E-state index contributed by atoms with van der Waals surface area (Å²) in [6.07, 6.45) is 2.66. The van der Waals surface area contributed by atoms with E-state index in [-0.39, 0.29) is 16.7 Å². The lowest BCUT2D eigenvalue weighted by molar-refractivity contribution is 0.122. The molecular formula is C22H22FN7O3S. The van der Waals surface area contributed by atoms with Crippen molar-refractivity contribution in [2.75, 3.05) is 48.5 Å². The van der Waals surface area contributed by atoms with Gasteiger partial charge in [-0.1, -0.05) is 0 Å². The highest BCUT2D eigenvalue weighted by molar-refractivity contribution is 7.90. The van der Waals surface area contributed by atoms with E-state index < -0.39 is 15.7 Å². The predicted molar refractivity (Wildman–Crippen MR) is 127 cm³/mol. The summed E-state index contributed by atoms with van der Waals surface area (Å²) in [5.41, 5.74) is 8.98. The minimum atomic E-state index is -3.45. The molecule has 2 aromatic carbocycles. The van der Waals surface area contributed by atoms with Crippen LogP contribution in [0.25, 0.3) is 22.2 Å². The molecule has 4 aromatic rings. The van der Waals surface area contributed by atoms with Gasteiger partial charge in [-0.15, -0.1) is 0 Å². The quantitative estimate of drug-likeness (QED) is 0.391. The minimum Gasteiger partial charge on any atom is -0.383 e. The number of aromatic nitrogens is 4. The van der Waals surface area contributed by atoms with E-state index in [4.69, 9.17) is 10.5 Å². The molecule has 1 saturated heterocycles. The van der Waals surface area contributed by atoms with Gasteiger partial charge in [0.2, 0.25) is 5.95 Å². The number of morpholine rings is 1. The van der Waals surface area contributed by atoms with Gasteiger partial charge >= 0.3 is 0 Å². The number of fused-ring (bicyclic) bond motifs is 1. The number of aromatic amines is 1. The number of rotatable bonds is 5. The first-order chi connectivity index (χ1) is 16.3. The van der Waals surface area contributed by atoms with Crippen LogP contribution in [0.1, 0.15) is 0 Å². The smallest absolute Gasteiger partial charge is 0.229 e. The number of anilines is 4. The standard InChI is InChI=1S/C22H22FN7O3S/c1-34(31,32)16-10-14(9-15(11-16)30-4-6-33-7-5-30)26-22-25-12-18(21(24)27-22)20-17-8-13(23)2-3-19(17)28-29-20/h2-3,8-12H,4-7H2,1H3,(H,28,29)(H3,24,25,26,27). The third-order valence-corrected chi connectivity index (χ3v) is 6.64. The van der Waals surface area contributed by atoms with Crippen molar-refractivity contribution in [3.8, 4) is 11.3 Å². The van der Waals surface area contributed by atoms with Crippen LogP contribution < -0.4 is 16.0 Å². The third-order valence-electron chi connectivity index (χ3n) is 5.55. The van der Waals surface area contributed by atoms with Gasteiger partial charge in [-0.2, -0.15) is 10.1 Å². The highest BCUT2D eigenvalue weighted by Crippen LogP contribution is 2.31. The molecule has 3 heterocycles. The Bertz CT molecular complexity index is 1480. The fourth-order valence-electron chi connectivity index (χ4n) is 3.83. The zero-order chi connectivity index (χ0) is 23.9. The molecule has 2 aromatic heterocycles. The van der Waals surface area contributed by atoms with Gasteiger partial charge < -0.3 is 20.7 Å². The van der Waals surface area contributed by atoms with Crippen LogP contribution in [-0.4, -0.2) is 61.1 Å². The van der Waals surface area contributed by atoms with E-state index in [1.54, 1.807) is 12.1 Å². The summed E-state index contributed by atoms with van der Waals surface area (Å²) in [7, 11) is -3.45. The van der Waals surface area contributed by atoms with Gasteiger partial charge in [0.1, 0.15) is 17.3 Å². The molecule has 0 spiro atoms. The normalized spacial score (nSPS) is 14.5. The number of H-pyrrole nitrogens is 1. The number of sulfone groups is 1. The van der Waals surface area contributed by atoms with Crippen LogP contribution in [0.15, 0.2) is 47.5 Å². The van der Waals surface area contributed by atoms with Crippen molar-refractivity contribution in [1.29, 1.82) is 0 Å². The zero-order valence-electron chi connectivity index (χ0n) is 18.2. The van der Waals surface area contributed by atoms with E-state index in [1.807, 2.05) is 6.07 Å². The van der Waals surface area contributed by atoms with Crippen molar-refractivity contribution in [1.82, 2.24) is 20.2 Å². The van der Waals surface area contributed by atoms with Gasteiger partial charge in [-0.05, 0) is 36.4 Å². The van der Waals surface area contributed by atoms with E-state index in [9.17, 15) is 12.8 Å². The summed E-state index contributed by atoms with van der Waals surface area (Å²) < 4.78 is 43.7. The summed E-state index contributed by atoms with van der Waals surface area (Å²) in [6, 6.07) is 9.30. The molecule has 1 aliphatic rings. The molecule has 0 amide bonds. The average molecular weight is 484 g/mol. The number of nitrogens with zero attached hydrogens (tertiary/aromatic N) is 4. The Balaban J connectivity index is 1.48. The van der Waals surface area contributed by atoms with Crippen LogP contribution in [0.4, 0.5) is 27.5 Å². The van der Waals surface area contributed by atoms with Gasteiger partial charge in [-0.3, -0.25) is 5.10 Å². The number of hydrogen-bond acceptors (Lipinski definition) is 9. The van der Waals surface area contributed by atoms with Crippen LogP contribution in [0.5, 0.6) is 0 Å². The van der Waals surface area contributed by atoms with Crippen molar-refractivity contribution >= 4 is 43.9 Å². The van der Waals surface area contributed by atoms with E-state index in [2.05, 4.69) is 30.4 Å². The first-order valence-corrected chi connectivity index (χ1v) is 12.4. The first kappa shape index (κ1) is 22.0. The van der Waals surface area contributed by atoms with Crippen molar-refractivity contribution in [3.05, 3.63) is 48.4 Å². The molecule has 10 nitrogen and oxygen atoms in total. The van der Waals surface area contributed by atoms with E-state index >= 15 is 0 Å². The highest BCUT2D eigenvalue weighted by Gasteiger charge is 2.18. The number of ether oxygens (including phenoxy) is 1. The Morgan fingerprint density at radius 3 is 2.71 bits per heavy atom. The summed E-state index contributed by atoms with van der Waals surface area (Å²) >= 11 is 0. The molecule has 176 valence electrons. The molecule has 0 aliphatic carbocycles. The van der Waals surface area contributed by atoms with Crippen molar-refractivity contribution in [2.24, 2.45) is 0 Å². The molecule has 0 unspecified atom stereocenters. The van der Waals surface area contributed by atoms with Crippen molar-refractivity contribution in [3.63, 3.8) is 0 Å². The second-order valence-electron chi connectivity index (χ2n) is 7.97. The van der Waals surface area contributed by atoms with Crippen LogP contribution in [-0.2, 0) is 14.6 Å². The van der Waals surface area contributed by atoms with Crippen molar-refractivity contribution < 1.29 is 17.5 Å². The molecule has 1 fully saturated rings. The fourth-order valence-corrected chi connectivity index (χ4v) is 4.51. The molecule has 34 heavy (non-hydrogen) atoms. The maximum absolute atomic E-state index is 13.7. The lowest BCUT2D eigenvalue weighted by Gasteiger charge is -2.29. The Morgan fingerprint density at radius 1 is 1.18 bits per heavy atom. The lowest BCUT2D eigenvalue weighted by Crippen LogP contribution is -2.36. The largest absolute Gasteiger partial charge is 0.383 e. The lowest BCUT2D eigenvalue weighted by atomic mass is 10.1. The second kappa shape index (κ2) is 8.54. The highest BCUT2D eigenvalue weighted by atomic mass is 32.2. The summed E-state index contributed by atoms with van der Waals surface area (Å²) in [5.74, 6) is -0.0663. The van der Waals surface area contributed by atoms with Crippen LogP contribution in [0, 0.1) is 5.82 Å². The predicted octanol–water partition coefficient (Wildman–Crippen LogP) is 2.72. The summed E-state index contributed by atoms with van der Waals surface area (Å²) in [5, 5.41) is 10.7. The Kier molecular flexibility index (Phi) is 5.54. The van der Waals surface area contributed by atoms with Gasteiger partial charge in [0.15, 0.2) is 9.84 Å². The third kappa shape index (κ3) is 4.37. The number of nitrogens with two attached hydrogens (primary N) is 1. The fraction of sp³-hybridized carbons (Fsp3) is 0.227. The maximum atomic E-state index is 13.7. The molecule has 0 radical (unpaired) electrons. The molecule has 12 heteroatoms. The van der Waals surface area contributed by atoms with Gasteiger partial charge in [0.05, 0.1) is 29.2 Å². The minimum absolute atomic E-state index is 0.142. The van der Waals surface area contributed by atoms with E-state index in [0.717, 1.165) is 11.9 Å². The molecule has 4 N–H and O–H groups in total. The van der Waals surface area contributed by atoms with Crippen LogP contribution in [0.3, 0.4) is 0 Å². The average Bonchev–Trinajstić information content (AvgIpc) is 3.22. The summed E-state index contributed by atoms with van der Waals surface area (Å²) in [4.78, 5) is 10.9. The molecule has 1 aliphatic heterocycles. The maximum Gasteiger partial charge on any atom is 0.229 e. The Morgan fingerprint density at radius 2 is 1.97 bits per heavy atom. The molecular weight excluding hydrogens is 461 g/mol. The molecule has 0 bridgehead atoms. The number of benzene rings is 2. The number of hydrogen-bond donors (Lipinski definition) is 3. The van der Waals surface area contributed by atoms with Crippen molar-refractivity contribution in [2.45, 2.75) is 4.90 Å². The zero-order valence-corrected chi connectivity index (χ0v) is 19.1. The van der Waals surface area contributed by atoms with E-state index in [1.165, 1.54) is 24.4 Å². The van der Waals surface area contributed by atoms with Gasteiger partial charge in [-0.25, -0.2) is 17.8 Å². The van der Waals surface area contributed by atoms with Gasteiger partial charge in [0.25, 0.3) is 0 Å². The Hall–Kier alpha value is -3.77. The topological polar surface area (TPSA) is 139 Å². The first-order valence-electron chi connectivity index (χ1n) is 10.5. The summed E-state index contributed by atoms with van der Waals surface area (Å²) in [6.45, 7) is 2.45. The van der Waals surface area contributed by atoms with Crippen LogP contribution >= 0.6 is 0 Å². The second-order valence-corrected chi connectivity index (χ2v) is 9.98. The van der Waals surface area contributed by atoms with Gasteiger partial charge in [0, 0.05) is 42.3 Å². The Labute approximate surface area is 194 Å². The molecule has 0 atom stereocenters. The number of halogens is 1. The SMILES string of the molecule is CS(=O)(=O)c1cc(Nc2ncc(-c3n[nH]c4ccc(F)cc34)c(N)n2)cc(N2CCOCC2)c1. The van der Waals surface area contributed by atoms with Crippen LogP contribution in [0.2, 0.25) is 0 Å². The molecule has 0 saturated carbocycles. The number of nitrogens with one attached hydrogen (secondary N) is 2.